The van der Waals surface area contributed by atoms with Gasteiger partial charge in [0.2, 0.25) is 5.91 Å². The summed E-state index contributed by atoms with van der Waals surface area (Å²) in [5, 5.41) is 13.0. The Labute approximate surface area is 259 Å². The van der Waals surface area contributed by atoms with Crippen molar-refractivity contribution in [1.29, 1.82) is 0 Å². The molecule has 2 amide bonds. The number of carbonyl (C=O) groups is 3. The van der Waals surface area contributed by atoms with Gasteiger partial charge in [0.05, 0.1) is 19.2 Å². The summed E-state index contributed by atoms with van der Waals surface area (Å²) in [6.45, 7) is 8.54. The molecule has 1 aromatic carbocycles. The van der Waals surface area contributed by atoms with Crippen molar-refractivity contribution in [2.75, 3.05) is 13.7 Å². The van der Waals surface area contributed by atoms with Gasteiger partial charge in [-0.25, -0.2) is 14.6 Å². The van der Waals surface area contributed by atoms with Gasteiger partial charge in [-0.1, -0.05) is 18.9 Å². The van der Waals surface area contributed by atoms with Crippen molar-refractivity contribution < 1.29 is 46.9 Å². The third-order valence-corrected chi connectivity index (χ3v) is 7.99. The van der Waals surface area contributed by atoms with Gasteiger partial charge < -0.3 is 29.5 Å². The standard InChI is InChI=1S/C32H40F3N3O7/c1-6-7-8-9-10-11-23(37-29(42)45-30(2,3)4)27(40)38-18-31(17-24(38)28(41)43-5)15-14-20-21-16-19(39)12-13-22(21)36-26(25(20)44-31)32(33,34)35/h6,12-13,16,23-24,39H,1,7-11,14-15,17-18H2,2-5H3,(H,37,42)/t23-,24-,31+/m0/s1. The number of aryl methyl sites for hydroxylation is 1. The van der Waals surface area contributed by atoms with Crippen LogP contribution in [0.25, 0.3) is 10.9 Å². The number of nitrogens with one attached hydrogen (secondary N) is 1. The SMILES string of the molecule is C=CCCCCC[C@H](NC(=O)OC(C)(C)C)C(=O)N1C[C@@]2(CCc3c(c(C(F)(F)F)nc4ccc(O)cc34)O2)C[C@H]1C(=O)OC. The number of halogens is 3. The Kier molecular flexibility index (Phi) is 9.88. The predicted octanol–water partition coefficient (Wildman–Crippen LogP) is 5.83. The van der Waals surface area contributed by atoms with Gasteiger partial charge in [0, 0.05) is 17.4 Å². The number of rotatable bonds is 9. The Hall–Kier alpha value is -4.03. The van der Waals surface area contributed by atoms with E-state index in [9.17, 15) is 32.7 Å². The molecule has 1 fully saturated rings. The summed E-state index contributed by atoms with van der Waals surface area (Å²) < 4.78 is 59.3. The van der Waals surface area contributed by atoms with Crippen molar-refractivity contribution in [3.8, 4) is 11.5 Å². The number of carbonyl (C=O) groups excluding carboxylic acids is 3. The first-order chi connectivity index (χ1) is 21.1. The zero-order chi connectivity index (χ0) is 33.2. The number of esters is 1. The Bertz CT molecular complexity index is 1460. The smallest absolute Gasteiger partial charge is 0.437 e. The van der Waals surface area contributed by atoms with E-state index >= 15 is 0 Å². The number of phenolic OH excluding ortho intramolecular Hbond substituents is 1. The molecule has 0 radical (unpaired) electrons. The average molecular weight is 636 g/mol. The van der Waals surface area contributed by atoms with Gasteiger partial charge in [-0.2, -0.15) is 13.2 Å². The number of phenols is 1. The molecule has 2 aliphatic rings. The Morgan fingerprint density at radius 1 is 1.24 bits per heavy atom. The van der Waals surface area contributed by atoms with Crippen LogP contribution in [-0.2, 0) is 31.7 Å². The molecule has 1 spiro atoms. The summed E-state index contributed by atoms with van der Waals surface area (Å²) in [7, 11) is 1.16. The third kappa shape index (κ3) is 7.80. The van der Waals surface area contributed by atoms with E-state index in [2.05, 4.69) is 16.9 Å². The van der Waals surface area contributed by atoms with Crippen LogP contribution in [0, 0.1) is 0 Å². The molecule has 4 rings (SSSR count). The van der Waals surface area contributed by atoms with Crippen molar-refractivity contribution in [2.24, 2.45) is 0 Å². The molecule has 0 unspecified atom stereocenters. The first-order valence-corrected chi connectivity index (χ1v) is 15.0. The van der Waals surface area contributed by atoms with E-state index in [1.165, 1.54) is 23.1 Å². The molecule has 3 atom stereocenters. The number of allylic oxidation sites excluding steroid dienone is 1. The van der Waals surface area contributed by atoms with Gasteiger partial charge in [-0.15, -0.1) is 6.58 Å². The number of alkyl carbamates (subject to hydrolysis) is 1. The highest BCUT2D eigenvalue weighted by molar-refractivity contribution is 5.91. The summed E-state index contributed by atoms with van der Waals surface area (Å²) in [6.07, 6.45) is -0.517. The van der Waals surface area contributed by atoms with Crippen LogP contribution in [0.5, 0.6) is 11.5 Å². The maximum absolute atomic E-state index is 14.3. The van der Waals surface area contributed by atoms with E-state index in [4.69, 9.17) is 14.2 Å². The topological polar surface area (TPSA) is 127 Å². The lowest BCUT2D eigenvalue weighted by Gasteiger charge is -2.37. The number of fused-ring (bicyclic) bond motifs is 3. The van der Waals surface area contributed by atoms with Crippen LogP contribution in [0.2, 0.25) is 0 Å². The number of benzene rings is 1. The van der Waals surface area contributed by atoms with Crippen molar-refractivity contribution in [1.82, 2.24) is 15.2 Å². The molecule has 3 heterocycles. The van der Waals surface area contributed by atoms with Crippen molar-refractivity contribution in [3.63, 3.8) is 0 Å². The number of alkyl halides is 3. The average Bonchev–Trinajstić information content (AvgIpc) is 3.32. The minimum Gasteiger partial charge on any atom is -0.508 e. The van der Waals surface area contributed by atoms with E-state index in [1.54, 1.807) is 26.8 Å². The van der Waals surface area contributed by atoms with Crippen molar-refractivity contribution in [2.45, 2.75) is 102 Å². The van der Waals surface area contributed by atoms with E-state index in [0.717, 1.165) is 26.4 Å². The van der Waals surface area contributed by atoms with Crippen LogP contribution < -0.4 is 10.1 Å². The molecule has 10 nitrogen and oxygen atoms in total. The molecule has 2 N–H and O–H groups in total. The van der Waals surface area contributed by atoms with Crippen LogP contribution in [0.15, 0.2) is 30.9 Å². The van der Waals surface area contributed by atoms with E-state index in [0.29, 0.717) is 11.8 Å². The molecule has 45 heavy (non-hydrogen) atoms. The van der Waals surface area contributed by atoms with E-state index in [-0.39, 0.29) is 49.1 Å². The molecule has 1 aromatic heterocycles. The number of amides is 2. The number of nitrogens with zero attached hydrogens (tertiary/aromatic N) is 2. The van der Waals surface area contributed by atoms with Crippen molar-refractivity contribution in [3.05, 3.63) is 42.1 Å². The number of pyridine rings is 1. The number of aromatic hydroxyl groups is 1. The van der Waals surface area contributed by atoms with E-state index < -0.39 is 58.9 Å². The van der Waals surface area contributed by atoms with Gasteiger partial charge in [-0.05, 0) is 71.1 Å². The monoisotopic (exact) mass is 635 g/mol. The first kappa shape index (κ1) is 33.9. The molecule has 0 saturated carbocycles. The van der Waals surface area contributed by atoms with Crippen LogP contribution >= 0.6 is 0 Å². The van der Waals surface area contributed by atoms with Crippen LogP contribution in [0.1, 0.15) is 77.0 Å². The largest absolute Gasteiger partial charge is 0.508 e. The van der Waals surface area contributed by atoms with Gasteiger partial charge in [0.15, 0.2) is 11.4 Å². The van der Waals surface area contributed by atoms with Crippen LogP contribution in [0.3, 0.4) is 0 Å². The molecule has 2 aromatic rings. The summed E-state index contributed by atoms with van der Waals surface area (Å²) in [5.41, 5.74) is -3.13. The number of aromatic nitrogens is 1. The molecular weight excluding hydrogens is 595 g/mol. The molecule has 1 saturated heterocycles. The van der Waals surface area contributed by atoms with Crippen molar-refractivity contribution >= 4 is 28.9 Å². The number of ether oxygens (including phenoxy) is 3. The lowest BCUT2D eigenvalue weighted by molar-refractivity contribution is -0.151. The Morgan fingerprint density at radius 2 is 1.98 bits per heavy atom. The lowest BCUT2D eigenvalue weighted by atomic mass is 9.87. The minimum absolute atomic E-state index is 0.0539. The van der Waals surface area contributed by atoms with Gasteiger partial charge >= 0.3 is 18.2 Å². The summed E-state index contributed by atoms with van der Waals surface area (Å²) in [5.74, 6) is -1.98. The molecule has 0 aliphatic carbocycles. The number of methoxy groups -OCH3 is 1. The predicted molar refractivity (Wildman–Crippen MR) is 159 cm³/mol. The minimum atomic E-state index is -4.86. The highest BCUT2D eigenvalue weighted by Gasteiger charge is 2.55. The molecule has 246 valence electrons. The van der Waals surface area contributed by atoms with Gasteiger partial charge in [-0.3, -0.25) is 4.79 Å². The Morgan fingerprint density at radius 3 is 2.62 bits per heavy atom. The fourth-order valence-corrected chi connectivity index (χ4v) is 5.97. The fraction of sp³-hybridized carbons (Fsp3) is 0.562. The van der Waals surface area contributed by atoms with E-state index in [1.807, 2.05) is 0 Å². The molecule has 13 heteroatoms. The molecular formula is C32H40F3N3O7. The van der Waals surface area contributed by atoms with Crippen LogP contribution in [0.4, 0.5) is 18.0 Å². The zero-order valence-corrected chi connectivity index (χ0v) is 26.0. The van der Waals surface area contributed by atoms with Gasteiger partial charge in [0.25, 0.3) is 0 Å². The normalized spacial score (nSPS) is 20.3. The Balaban J connectivity index is 1.67. The first-order valence-electron chi connectivity index (χ1n) is 15.0. The summed E-state index contributed by atoms with van der Waals surface area (Å²) >= 11 is 0. The highest BCUT2D eigenvalue weighted by Crippen LogP contribution is 2.48. The second-order valence-electron chi connectivity index (χ2n) is 12.6. The third-order valence-electron chi connectivity index (χ3n) is 7.99. The number of hydrogen-bond donors (Lipinski definition) is 2. The second-order valence-corrected chi connectivity index (χ2v) is 12.6. The van der Waals surface area contributed by atoms with Gasteiger partial charge in [0.1, 0.15) is 29.0 Å². The number of hydrogen-bond acceptors (Lipinski definition) is 8. The number of likely N-dealkylation sites (tertiary alicyclic amines) is 1. The number of unbranched alkanes of at least 4 members (excludes halogenated alkanes) is 3. The van der Waals surface area contributed by atoms with Crippen LogP contribution in [-0.4, -0.2) is 69.9 Å². The maximum atomic E-state index is 14.3. The molecule has 0 bridgehead atoms. The molecule has 2 aliphatic heterocycles. The lowest BCUT2D eigenvalue weighted by Crippen LogP contribution is -2.53. The summed E-state index contributed by atoms with van der Waals surface area (Å²) in [4.78, 5) is 44.8. The quantitative estimate of drug-likeness (QED) is 0.200. The fourth-order valence-electron chi connectivity index (χ4n) is 5.97. The highest BCUT2D eigenvalue weighted by atomic mass is 19.4. The zero-order valence-electron chi connectivity index (χ0n) is 26.0. The second kappa shape index (κ2) is 13.1. The summed E-state index contributed by atoms with van der Waals surface area (Å²) in [6, 6.07) is 1.67. The maximum Gasteiger partial charge on any atom is 0.437 e.